The van der Waals surface area contributed by atoms with E-state index >= 15 is 0 Å². The number of nitrogen functional groups attached to an aromatic ring is 1. The summed E-state index contributed by atoms with van der Waals surface area (Å²) in [6, 6.07) is 15.7. The second-order valence-corrected chi connectivity index (χ2v) is 4.55. The van der Waals surface area contributed by atoms with Crippen LogP contribution in [-0.2, 0) is 0 Å². The first-order valence-electron chi connectivity index (χ1n) is 5.65. The highest BCUT2D eigenvalue weighted by molar-refractivity contribution is 6.31. The molecule has 0 radical (unpaired) electrons. The van der Waals surface area contributed by atoms with Crippen molar-refractivity contribution in [2.24, 2.45) is 0 Å². The molecule has 0 saturated heterocycles. The first kappa shape index (κ1) is 11.1. The molecule has 0 bridgehead atoms. The fourth-order valence-electron chi connectivity index (χ4n) is 2.11. The fourth-order valence-corrected chi connectivity index (χ4v) is 2.28. The van der Waals surface area contributed by atoms with Crippen molar-refractivity contribution < 1.29 is 0 Å². The zero-order chi connectivity index (χ0) is 12.5. The second-order valence-electron chi connectivity index (χ2n) is 4.12. The van der Waals surface area contributed by atoms with E-state index in [1.807, 2.05) is 48.5 Å². The molecule has 88 valence electrons. The van der Waals surface area contributed by atoms with E-state index < -0.39 is 0 Å². The van der Waals surface area contributed by atoms with E-state index in [1.165, 1.54) is 0 Å². The zero-order valence-corrected chi connectivity index (χ0v) is 10.4. The number of nitrogens with two attached hydrogens (primary N) is 1. The van der Waals surface area contributed by atoms with E-state index in [2.05, 4.69) is 4.98 Å². The van der Waals surface area contributed by atoms with Crippen LogP contribution in [0.3, 0.4) is 0 Å². The van der Waals surface area contributed by atoms with Gasteiger partial charge in [-0.05, 0) is 23.8 Å². The Hall–Kier alpha value is -2.06. The maximum absolute atomic E-state index is 6.06. The van der Waals surface area contributed by atoms with Crippen LogP contribution in [0.2, 0.25) is 5.02 Å². The van der Waals surface area contributed by atoms with E-state index in [-0.39, 0.29) is 0 Å². The van der Waals surface area contributed by atoms with Crippen LogP contribution in [0, 0.1) is 0 Å². The summed E-state index contributed by atoms with van der Waals surface area (Å²) in [7, 11) is 0. The Bertz CT molecular complexity index is 703. The van der Waals surface area contributed by atoms with Crippen molar-refractivity contribution in [1.82, 2.24) is 4.98 Å². The van der Waals surface area contributed by atoms with Crippen molar-refractivity contribution in [2.75, 3.05) is 5.73 Å². The summed E-state index contributed by atoms with van der Waals surface area (Å²) >= 11 is 6.06. The summed E-state index contributed by atoms with van der Waals surface area (Å²) in [6.07, 6.45) is 1.69. The summed E-state index contributed by atoms with van der Waals surface area (Å²) in [5.41, 5.74) is 9.68. The summed E-state index contributed by atoms with van der Waals surface area (Å²) in [6.45, 7) is 0. The molecule has 0 aliphatic carbocycles. The van der Waals surface area contributed by atoms with E-state index in [9.17, 15) is 0 Å². The van der Waals surface area contributed by atoms with E-state index in [1.54, 1.807) is 6.20 Å². The molecule has 2 aromatic carbocycles. The Labute approximate surface area is 110 Å². The molecule has 0 fully saturated rings. The molecule has 2 nitrogen and oxygen atoms in total. The monoisotopic (exact) mass is 254 g/mol. The van der Waals surface area contributed by atoms with Crippen LogP contribution in [0.4, 0.5) is 5.69 Å². The van der Waals surface area contributed by atoms with Gasteiger partial charge in [-0.15, -0.1) is 0 Å². The molecule has 2 N–H and O–H groups in total. The van der Waals surface area contributed by atoms with Gasteiger partial charge < -0.3 is 5.73 Å². The van der Waals surface area contributed by atoms with Crippen molar-refractivity contribution in [3.05, 3.63) is 59.8 Å². The molecular weight excluding hydrogens is 244 g/mol. The Morgan fingerprint density at radius 1 is 1.00 bits per heavy atom. The highest BCUT2D eigenvalue weighted by Gasteiger charge is 2.09. The molecule has 3 heteroatoms. The van der Waals surface area contributed by atoms with Gasteiger partial charge in [-0.2, -0.15) is 0 Å². The number of hydrogen-bond donors (Lipinski definition) is 1. The normalized spacial score (nSPS) is 10.7. The van der Waals surface area contributed by atoms with Crippen molar-refractivity contribution in [3.8, 4) is 11.1 Å². The number of halogens is 1. The van der Waals surface area contributed by atoms with E-state index in [0.717, 1.165) is 22.0 Å². The molecule has 0 aliphatic rings. The van der Waals surface area contributed by atoms with Crippen LogP contribution < -0.4 is 5.73 Å². The van der Waals surface area contributed by atoms with Gasteiger partial charge in [-0.25, -0.2) is 0 Å². The van der Waals surface area contributed by atoms with Gasteiger partial charge in [0.05, 0.1) is 17.4 Å². The molecule has 0 unspecified atom stereocenters. The number of nitrogens with zero attached hydrogens (tertiary/aromatic N) is 1. The highest BCUT2D eigenvalue weighted by atomic mass is 35.5. The lowest BCUT2D eigenvalue weighted by Gasteiger charge is -2.10. The molecule has 0 amide bonds. The molecule has 0 atom stereocenters. The molecular formula is C15H11ClN2. The third-order valence-corrected chi connectivity index (χ3v) is 3.16. The lowest BCUT2D eigenvalue weighted by molar-refractivity contribution is 1.41. The van der Waals surface area contributed by atoms with Gasteiger partial charge in [0.15, 0.2) is 0 Å². The fraction of sp³-hybridized carbons (Fsp3) is 0. The molecule has 0 saturated carbocycles. The SMILES string of the molecule is Nc1cnc2ccc(Cl)cc2c1-c1ccccc1. The minimum atomic E-state index is 0.663. The number of pyridine rings is 1. The maximum Gasteiger partial charge on any atom is 0.0710 e. The van der Waals surface area contributed by atoms with Crippen molar-refractivity contribution in [3.63, 3.8) is 0 Å². The molecule has 3 aromatic rings. The van der Waals surface area contributed by atoms with E-state index in [0.29, 0.717) is 10.7 Å². The smallest absolute Gasteiger partial charge is 0.0710 e. The summed E-state index contributed by atoms with van der Waals surface area (Å²) in [5.74, 6) is 0. The third-order valence-electron chi connectivity index (χ3n) is 2.92. The maximum atomic E-state index is 6.06. The van der Waals surface area contributed by atoms with Crippen molar-refractivity contribution in [2.45, 2.75) is 0 Å². The topological polar surface area (TPSA) is 38.9 Å². The molecule has 0 aliphatic heterocycles. The quantitative estimate of drug-likeness (QED) is 0.709. The average Bonchev–Trinajstić information content (AvgIpc) is 2.39. The predicted molar refractivity (Wildman–Crippen MR) is 76.6 cm³/mol. The Balaban J connectivity index is 2.40. The standard InChI is InChI=1S/C15H11ClN2/c16-11-6-7-14-12(8-11)15(13(17)9-18-14)10-4-2-1-3-5-10/h1-9H,17H2. The van der Waals surface area contributed by atoms with Crippen LogP contribution in [0.5, 0.6) is 0 Å². The van der Waals surface area contributed by atoms with Crippen molar-refractivity contribution in [1.29, 1.82) is 0 Å². The summed E-state index contributed by atoms with van der Waals surface area (Å²) < 4.78 is 0. The van der Waals surface area contributed by atoms with Gasteiger partial charge in [0.1, 0.15) is 0 Å². The molecule has 1 aromatic heterocycles. The van der Waals surface area contributed by atoms with E-state index in [4.69, 9.17) is 17.3 Å². The van der Waals surface area contributed by atoms with Crippen LogP contribution in [0.15, 0.2) is 54.7 Å². The third kappa shape index (κ3) is 1.81. The summed E-state index contributed by atoms with van der Waals surface area (Å²) in [4.78, 5) is 4.32. The number of anilines is 1. The number of hydrogen-bond acceptors (Lipinski definition) is 2. The van der Waals surface area contributed by atoms with Crippen molar-refractivity contribution >= 4 is 28.2 Å². The minimum Gasteiger partial charge on any atom is -0.397 e. The molecule has 1 heterocycles. The number of fused-ring (bicyclic) bond motifs is 1. The van der Waals surface area contributed by atoms with Gasteiger partial charge in [-0.1, -0.05) is 41.9 Å². The number of benzene rings is 2. The first-order valence-corrected chi connectivity index (χ1v) is 6.02. The first-order chi connectivity index (χ1) is 8.75. The second kappa shape index (κ2) is 4.31. The molecule has 3 rings (SSSR count). The Kier molecular flexibility index (Phi) is 2.65. The van der Waals surface area contributed by atoms with Gasteiger partial charge >= 0.3 is 0 Å². The lowest BCUT2D eigenvalue weighted by atomic mass is 10.00. The Morgan fingerprint density at radius 2 is 1.78 bits per heavy atom. The van der Waals surface area contributed by atoms with Gasteiger partial charge in [0, 0.05) is 16.0 Å². The van der Waals surface area contributed by atoms with Crippen LogP contribution in [-0.4, -0.2) is 4.98 Å². The molecule has 18 heavy (non-hydrogen) atoms. The highest BCUT2D eigenvalue weighted by Crippen LogP contribution is 2.33. The average molecular weight is 255 g/mol. The number of aromatic nitrogens is 1. The van der Waals surface area contributed by atoms with Crippen LogP contribution in [0.1, 0.15) is 0 Å². The molecule has 0 spiro atoms. The summed E-state index contributed by atoms with van der Waals surface area (Å²) in [5, 5.41) is 1.67. The van der Waals surface area contributed by atoms with Gasteiger partial charge in [0.25, 0.3) is 0 Å². The van der Waals surface area contributed by atoms with Crippen LogP contribution >= 0.6 is 11.6 Å². The lowest BCUT2D eigenvalue weighted by Crippen LogP contribution is -1.93. The number of rotatable bonds is 1. The predicted octanol–water partition coefficient (Wildman–Crippen LogP) is 4.14. The van der Waals surface area contributed by atoms with Gasteiger partial charge in [0.2, 0.25) is 0 Å². The minimum absolute atomic E-state index is 0.663. The Morgan fingerprint density at radius 3 is 2.56 bits per heavy atom. The van der Waals surface area contributed by atoms with Gasteiger partial charge in [-0.3, -0.25) is 4.98 Å². The van der Waals surface area contributed by atoms with Crippen LogP contribution in [0.25, 0.3) is 22.0 Å². The zero-order valence-electron chi connectivity index (χ0n) is 9.60. The largest absolute Gasteiger partial charge is 0.397 e.